The van der Waals surface area contributed by atoms with Crippen molar-refractivity contribution in [1.82, 2.24) is 4.98 Å². The molecule has 1 saturated heterocycles. The minimum Gasteiger partial charge on any atom is -0.466 e. The quantitative estimate of drug-likeness (QED) is 0.379. The number of carbonyl (C=O) groups is 1. The lowest BCUT2D eigenvalue weighted by Gasteiger charge is -2.36. The van der Waals surface area contributed by atoms with Gasteiger partial charge in [-0.1, -0.05) is 0 Å². The Labute approximate surface area is 176 Å². The maximum absolute atomic E-state index is 11.6. The highest BCUT2D eigenvalue weighted by Gasteiger charge is 2.33. The second kappa shape index (κ2) is 9.79. The number of hydrogen-bond donors (Lipinski definition) is 0. The Hall–Kier alpha value is -1.82. The largest absolute Gasteiger partial charge is 0.466 e. The summed E-state index contributed by atoms with van der Waals surface area (Å²) in [6, 6.07) is 2.39. The van der Waals surface area contributed by atoms with Gasteiger partial charge in [0.05, 0.1) is 37.6 Å². The summed E-state index contributed by atoms with van der Waals surface area (Å²) in [7, 11) is 0. The van der Waals surface area contributed by atoms with Crippen molar-refractivity contribution in [2.75, 3.05) is 43.6 Å². The first-order valence-electron chi connectivity index (χ1n) is 10.2. The van der Waals surface area contributed by atoms with Gasteiger partial charge in [-0.15, -0.1) is 11.8 Å². The summed E-state index contributed by atoms with van der Waals surface area (Å²) in [6.45, 7) is 9.68. The molecule has 1 aromatic rings. The van der Waals surface area contributed by atoms with Crippen LogP contribution in [0.1, 0.15) is 50.3 Å². The number of esters is 1. The Morgan fingerprint density at radius 2 is 2.10 bits per heavy atom. The molecular weight excluding hydrogens is 390 g/mol. The second-order valence-electron chi connectivity index (χ2n) is 7.77. The molecule has 0 bridgehead atoms. The molecule has 0 spiro atoms. The Morgan fingerprint density at radius 3 is 2.79 bits per heavy atom. The van der Waals surface area contributed by atoms with Crippen LogP contribution in [0.4, 0.5) is 5.82 Å². The van der Waals surface area contributed by atoms with Gasteiger partial charge in [-0.3, -0.25) is 4.79 Å². The fourth-order valence-corrected chi connectivity index (χ4v) is 4.55. The van der Waals surface area contributed by atoms with Gasteiger partial charge in [0.25, 0.3) is 0 Å². The van der Waals surface area contributed by atoms with Crippen LogP contribution in [0.15, 0.2) is 5.03 Å². The number of thioether (sulfide) groups is 1. The molecule has 1 fully saturated rings. The first kappa shape index (κ1) is 21.9. The van der Waals surface area contributed by atoms with E-state index < -0.39 is 0 Å². The number of carbonyl (C=O) groups excluding carboxylic acids is 1. The summed E-state index contributed by atoms with van der Waals surface area (Å²) in [5.74, 6) is 1.44. The van der Waals surface area contributed by atoms with Crippen molar-refractivity contribution in [3.05, 3.63) is 16.7 Å². The Bertz CT molecular complexity index is 785. The van der Waals surface area contributed by atoms with Crippen molar-refractivity contribution in [1.29, 1.82) is 5.26 Å². The highest BCUT2D eigenvalue weighted by Crippen LogP contribution is 2.38. The van der Waals surface area contributed by atoms with Crippen LogP contribution in [-0.2, 0) is 32.0 Å². The molecule has 0 aromatic carbocycles. The van der Waals surface area contributed by atoms with Crippen LogP contribution in [0.25, 0.3) is 0 Å². The summed E-state index contributed by atoms with van der Waals surface area (Å²) in [6.07, 6.45) is 1.75. The van der Waals surface area contributed by atoms with Gasteiger partial charge in [-0.2, -0.15) is 5.26 Å². The number of hydrogen-bond acceptors (Lipinski definition) is 8. The van der Waals surface area contributed by atoms with Crippen molar-refractivity contribution in [3.63, 3.8) is 0 Å². The lowest BCUT2D eigenvalue weighted by atomic mass is 9.89. The molecule has 2 aliphatic heterocycles. The zero-order chi connectivity index (χ0) is 20.9. The SMILES string of the molecule is CCOC(=O)CCCSc1nc(N2CCOCC2)c2c(c1C#N)CC(C)(C)OC2. The number of rotatable bonds is 7. The Morgan fingerprint density at radius 1 is 1.34 bits per heavy atom. The zero-order valence-corrected chi connectivity index (χ0v) is 18.3. The standard InChI is InChI=1S/C21H29N3O4S/c1-4-27-18(25)6-5-11-29-20-16(13-22)15-12-21(2,3)28-14-17(15)19(23-20)24-7-9-26-10-8-24/h4-12,14H2,1-3H3. The number of fused-ring (bicyclic) bond motifs is 1. The lowest BCUT2D eigenvalue weighted by Crippen LogP contribution is -2.39. The predicted molar refractivity (Wildman–Crippen MR) is 111 cm³/mol. The van der Waals surface area contributed by atoms with E-state index in [1.807, 2.05) is 0 Å². The normalized spacial score (nSPS) is 18.1. The molecule has 2 aliphatic rings. The first-order chi connectivity index (χ1) is 13.9. The van der Waals surface area contributed by atoms with Gasteiger partial charge in [0.1, 0.15) is 16.9 Å². The van der Waals surface area contributed by atoms with Gasteiger partial charge >= 0.3 is 5.97 Å². The highest BCUT2D eigenvalue weighted by atomic mass is 32.2. The number of aromatic nitrogens is 1. The number of morpholine rings is 1. The number of nitrogens with zero attached hydrogens (tertiary/aromatic N) is 3. The molecule has 3 heterocycles. The van der Waals surface area contributed by atoms with E-state index in [9.17, 15) is 10.1 Å². The van der Waals surface area contributed by atoms with E-state index in [0.717, 1.165) is 35.1 Å². The summed E-state index contributed by atoms with van der Waals surface area (Å²) in [5, 5.41) is 10.7. The van der Waals surface area contributed by atoms with E-state index in [4.69, 9.17) is 19.2 Å². The first-order valence-corrected chi connectivity index (χ1v) is 11.1. The molecule has 0 saturated carbocycles. The third-order valence-corrected chi connectivity index (χ3v) is 6.12. The molecule has 0 N–H and O–H groups in total. The molecule has 7 nitrogen and oxygen atoms in total. The van der Waals surface area contributed by atoms with Crippen molar-refractivity contribution >= 4 is 23.5 Å². The van der Waals surface area contributed by atoms with Crippen LogP contribution in [0, 0.1) is 11.3 Å². The minimum atomic E-state index is -0.311. The molecule has 1 aromatic heterocycles. The average molecular weight is 420 g/mol. The van der Waals surface area contributed by atoms with Crippen molar-refractivity contribution in [3.8, 4) is 6.07 Å². The maximum Gasteiger partial charge on any atom is 0.305 e. The van der Waals surface area contributed by atoms with Crippen LogP contribution in [0.2, 0.25) is 0 Å². The fraction of sp³-hybridized carbons (Fsp3) is 0.667. The second-order valence-corrected chi connectivity index (χ2v) is 8.85. The van der Waals surface area contributed by atoms with Gasteiger partial charge in [0.15, 0.2) is 0 Å². The smallest absolute Gasteiger partial charge is 0.305 e. The summed E-state index contributed by atoms with van der Waals surface area (Å²) in [5.41, 5.74) is 2.41. The molecule has 8 heteroatoms. The van der Waals surface area contributed by atoms with Gasteiger partial charge < -0.3 is 19.1 Å². The van der Waals surface area contributed by atoms with Crippen molar-refractivity contribution < 1.29 is 19.0 Å². The van der Waals surface area contributed by atoms with E-state index in [0.29, 0.717) is 57.0 Å². The van der Waals surface area contributed by atoms with E-state index >= 15 is 0 Å². The fourth-order valence-electron chi connectivity index (χ4n) is 3.60. The highest BCUT2D eigenvalue weighted by molar-refractivity contribution is 7.99. The van der Waals surface area contributed by atoms with Crippen LogP contribution >= 0.6 is 11.8 Å². The molecule has 0 amide bonds. The Balaban J connectivity index is 1.86. The monoisotopic (exact) mass is 419 g/mol. The van der Waals surface area contributed by atoms with Crippen LogP contribution in [0.5, 0.6) is 0 Å². The van der Waals surface area contributed by atoms with Crippen LogP contribution in [0.3, 0.4) is 0 Å². The third kappa shape index (κ3) is 5.41. The number of nitriles is 1. The minimum absolute atomic E-state index is 0.181. The third-order valence-electron chi connectivity index (χ3n) is 5.06. The summed E-state index contributed by atoms with van der Waals surface area (Å²) >= 11 is 1.54. The predicted octanol–water partition coefficient (Wildman–Crippen LogP) is 3.08. The van der Waals surface area contributed by atoms with E-state index in [2.05, 4.69) is 24.8 Å². The van der Waals surface area contributed by atoms with E-state index in [1.54, 1.807) is 18.7 Å². The van der Waals surface area contributed by atoms with Crippen molar-refractivity contribution in [2.45, 2.75) is 57.3 Å². The summed E-state index contributed by atoms with van der Waals surface area (Å²) < 4.78 is 16.5. The van der Waals surface area contributed by atoms with E-state index in [-0.39, 0.29) is 11.6 Å². The van der Waals surface area contributed by atoms with Crippen LogP contribution < -0.4 is 4.90 Å². The van der Waals surface area contributed by atoms with Gasteiger partial charge in [-0.25, -0.2) is 4.98 Å². The number of anilines is 1. The van der Waals surface area contributed by atoms with Gasteiger partial charge in [0.2, 0.25) is 0 Å². The molecule has 0 radical (unpaired) electrons. The average Bonchev–Trinajstić information content (AvgIpc) is 2.70. The van der Waals surface area contributed by atoms with Crippen molar-refractivity contribution in [2.24, 2.45) is 0 Å². The Kier molecular flexibility index (Phi) is 7.38. The number of pyridine rings is 1. The summed E-state index contributed by atoms with van der Waals surface area (Å²) in [4.78, 5) is 18.7. The van der Waals surface area contributed by atoms with E-state index in [1.165, 1.54) is 0 Å². The van der Waals surface area contributed by atoms with Gasteiger partial charge in [0, 0.05) is 37.2 Å². The topological polar surface area (TPSA) is 84.7 Å². The van der Waals surface area contributed by atoms with Gasteiger partial charge in [-0.05, 0) is 32.8 Å². The molecule has 0 unspecified atom stereocenters. The molecule has 0 atom stereocenters. The molecule has 0 aliphatic carbocycles. The molecular formula is C21H29N3O4S. The maximum atomic E-state index is 11.6. The molecule has 3 rings (SSSR count). The zero-order valence-electron chi connectivity index (χ0n) is 17.5. The molecule has 29 heavy (non-hydrogen) atoms. The number of ether oxygens (including phenoxy) is 3. The van der Waals surface area contributed by atoms with Crippen LogP contribution in [-0.4, -0.2) is 55.2 Å². The molecule has 158 valence electrons. The lowest BCUT2D eigenvalue weighted by molar-refractivity contribution is -0.143.